The first-order chi connectivity index (χ1) is 10.9. The van der Waals surface area contributed by atoms with E-state index in [1.165, 1.54) is 16.9 Å². The topological polar surface area (TPSA) is 16.1 Å². The van der Waals surface area contributed by atoms with E-state index in [0.29, 0.717) is 11.6 Å². The first-order valence-electron chi connectivity index (χ1n) is 8.04. The van der Waals surface area contributed by atoms with E-state index >= 15 is 0 Å². The third-order valence-electron chi connectivity index (χ3n) is 4.41. The summed E-state index contributed by atoms with van der Waals surface area (Å²) >= 11 is 1.50. The summed E-state index contributed by atoms with van der Waals surface area (Å²) in [6.07, 6.45) is -0.460. The van der Waals surface area contributed by atoms with Crippen LogP contribution in [0, 0.1) is 13.8 Å². The van der Waals surface area contributed by atoms with Gasteiger partial charge in [-0.15, -0.1) is 11.3 Å². The Bertz CT molecular complexity index is 722. The smallest absolute Gasteiger partial charge is 0.264 e. The molecule has 2 heterocycles. The molecule has 0 unspecified atom stereocenters. The number of aryl methyl sites for hydroxylation is 3. The molecule has 0 spiro atoms. The van der Waals surface area contributed by atoms with E-state index < -0.39 is 6.43 Å². The molecule has 2 aromatic rings. The van der Waals surface area contributed by atoms with E-state index in [9.17, 15) is 8.78 Å². The maximum atomic E-state index is 13.7. The molecule has 0 aliphatic carbocycles. The van der Waals surface area contributed by atoms with E-state index in [0.717, 1.165) is 40.7 Å². The lowest BCUT2D eigenvalue weighted by Gasteiger charge is -2.35. The van der Waals surface area contributed by atoms with Crippen molar-refractivity contribution in [3.05, 3.63) is 34.0 Å². The number of nitrogens with zero attached hydrogens (tertiary/aromatic N) is 2. The molecule has 0 amide bonds. The fourth-order valence-corrected chi connectivity index (χ4v) is 4.33. The average molecular weight is 336 g/mol. The van der Waals surface area contributed by atoms with Gasteiger partial charge in [-0.1, -0.05) is 0 Å². The van der Waals surface area contributed by atoms with Crippen LogP contribution < -0.4 is 4.90 Å². The van der Waals surface area contributed by atoms with Crippen LogP contribution in [-0.4, -0.2) is 17.6 Å². The van der Waals surface area contributed by atoms with Crippen molar-refractivity contribution in [3.63, 3.8) is 0 Å². The molecule has 5 heteroatoms. The van der Waals surface area contributed by atoms with Crippen molar-refractivity contribution in [2.75, 3.05) is 11.4 Å². The number of hydrogen-bond acceptors (Lipinski definition) is 3. The molecule has 1 aliphatic heterocycles. The molecule has 2 nitrogen and oxygen atoms in total. The van der Waals surface area contributed by atoms with Gasteiger partial charge in [0.05, 0.1) is 15.6 Å². The lowest BCUT2D eigenvalue weighted by Crippen LogP contribution is -2.35. The van der Waals surface area contributed by atoms with Gasteiger partial charge >= 0.3 is 0 Å². The molecule has 23 heavy (non-hydrogen) atoms. The summed E-state index contributed by atoms with van der Waals surface area (Å²) in [5.74, 6) is 0. The van der Waals surface area contributed by atoms with Crippen LogP contribution in [0.5, 0.6) is 0 Å². The molecule has 0 radical (unpaired) electrons. The number of fused-ring (bicyclic) bond motifs is 1. The minimum absolute atomic E-state index is 0.128. The highest BCUT2D eigenvalue weighted by Gasteiger charge is 2.25. The predicted molar refractivity (Wildman–Crippen MR) is 92.8 cm³/mol. The van der Waals surface area contributed by atoms with Gasteiger partial charge in [-0.2, -0.15) is 0 Å². The van der Waals surface area contributed by atoms with Gasteiger partial charge in [0, 0.05) is 29.4 Å². The van der Waals surface area contributed by atoms with Crippen molar-refractivity contribution in [2.45, 2.75) is 53.0 Å². The second kappa shape index (κ2) is 6.19. The maximum Gasteiger partial charge on any atom is 0.264 e. The minimum Gasteiger partial charge on any atom is -0.369 e. The fourth-order valence-electron chi connectivity index (χ4n) is 3.37. The van der Waals surface area contributed by atoms with Gasteiger partial charge in [-0.3, -0.25) is 0 Å². The molecule has 0 atom stereocenters. The third kappa shape index (κ3) is 2.99. The number of hydrogen-bond donors (Lipinski definition) is 0. The normalized spacial score (nSPS) is 14.7. The number of thiazole rings is 1. The Morgan fingerprint density at radius 3 is 2.52 bits per heavy atom. The lowest BCUT2D eigenvalue weighted by atomic mass is 9.93. The van der Waals surface area contributed by atoms with Crippen LogP contribution in [0.2, 0.25) is 0 Å². The standard InChI is InChI=1S/C18H22F2N2S/c1-10(2)22-7-5-6-13-8-14(15(18(19)20)9-16(13)22)17-11(3)21-12(4)23-17/h8-10,18H,5-7H2,1-4H3. The molecular formula is C18H22F2N2S. The van der Waals surface area contributed by atoms with E-state index in [1.807, 2.05) is 19.9 Å². The van der Waals surface area contributed by atoms with E-state index in [-0.39, 0.29) is 5.56 Å². The molecule has 1 aromatic carbocycles. The van der Waals surface area contributed by atoms with Crippen molar-refractivity contribution in [1.29, 1.82) is 0 Å². The molecule has 0 bridgehead atoms. The highest BCUT2D eigenvalue weighted by Crippen LogP contribution is 2.42. The van der Waals surface area contributed by atoms with Gasteiger partial charge < -0.3 is 4.90 Å². The predicted octanol–water partition coefficient (Wildman–Crippen LogP) is 5.53. The van der Waals surface area contributed by atoms with Crippen molar-refractivity contribution >= 4 is 17.0 Å². The van der Waals surface area contributed by atoms with Crippen molar-refractivity contribution in [1.82, 2.24) is 4.98 Å². The van der Waals surface area contributed by atoms with Crippen LogP contribution in [0.4, 0.5) is 14.5 Å². The van der Waals surface area contributed by atoms with Gasteiger partial charge in [0.2, 0.25) is 0 Å². The number of benzene rings is 1. The summed E-state index contributed by atoms with van der Waals surface area (Å²) in [6.45, 7) is 8.98. The van der Waals surface area contributed by atoms with Crippen LogP contribution in [0.25, 0.3) is 10.4 Å². The van der Waals surface area contributed by atoms with Crippen LogP contribution in [-0.2, 0) is 6.42 Å². The zero-order valence-electron chi connectivity index (χ0n) is 14.0. The Kier molecular flexibility index (Phi) is 4.41. The zero-order valence-corrected chi connectivity index (χ0v) is 14.8. The molecule has 0 fully saturated rings. The third-order valence-corrected chi connectivity index (χ3v) is 5.52. The average Bonchev–Trinajstić information content (AvgIpc) is 2.83. The van der Waals surface area contributed by atoms with Crippen molar-refractivity contribution in [3.8, 4) is 10.4 Å². The summed E-state index contributed by atoms with van der Waals surface area (Å²) < 4.78 is 27.4. The monoisotopic (exact) mass is 336 g/mol. The number of alkyl halides is 2. The summed E-state index contributed by atoms with van der Waals surface area (Å²) in [4.78, 5) is 7.52. The van der Waals surface area contributed by atoms with Crippen LogP contribution in [0.1, 0.15) is 48.5 Å². The molecule has 0 saturated heterocycles. The summed E-state index contributed by atoms with van der Waals surface area (Å²) in [7, 11) is 0. The zero-order chi connectivity index (χ0) is 16.7. The molecule has 1 aromatic heterocycles. The van der Waals surface area contributed by atoms with Gasteiger partial charge in [0.25, 0.3) is 6.43 Å². The Morgan fingerprint density at radius 2 is 1.96 bits per heavy atom. The van der Waals surface area contributed by atoms with Gasteiger partial charge in [-0.25, -0.2) is 13.8 Å². The maximum absolute atomic E-state index is 13.7. The van der Waals surface area contributed by atoms with Crippen molar-refractivity contribution in [2.24, 2.45) is 0 Å². The number of rotatable bonds is 3. The summed E-state index contributed by atoms with van der Waals surface area (Å²) in [5, 5.41) is 0.916. The minimum atomic E-state index is -2.48. The molecule has 124 valence electrons. The SMILES string of the molecule is Cc1nc(C)c(-c2cc3c(cc2C(F)F)N(C(C)C)CCC3)s1. The number of anilines is 1. The largest absolute Gasteiger partial charge is 0.369 e. The van der Waals surface area contributed by atoms with Crippen molar-refractivity contribution < 1.29 is 8.78 Å². The Hall–Kier alpha value is -1.49. The van der Waals surface area contributed by atoms with Crippen LogP contribution in [0.3, 0.4) is 0 Å². The quantitative estimate of drug-likeness (QED) is 0.733. The van der Waals surface area contributed by atoms with Crippen LogP contribution >= 0.6 is 11.3 Å². The second-order valence-corrected chi connectivity index (χ2v) is 7.61. The first kappa shape index (κ1) is 16.4. The number of aromatic nitrogens is 1. The first-order valence-corrected chi connectivity index (χ1v) is 8.86. The molecule has 3 rings (SSSR count). The van der Waals surface area contributed by atoms with E-state index in [1.54, 1.807) is 6.07 Å². The Balaban J connectivity index is 2.19. The van der Waals surface area contributed by atoms with Gasteiger partial charge in [0.1, 0.15) is 0 Å². The molecular weight excluding hydrogens is 314 g/mol. The Labute approximate surface area is 140 Å². The number of halogens is 2. The molecule has 0 saturated carbocycles. The Morgan fingerprint density at radius 1 is 1.22 bits per heavy atom. The molecule has 1 aliphatic rings. The lowest BCUT2D eigenvalue weighted by molar-refractivity contribution is 0.152. The highest BCUT2D eigenvalue weighted by molar-refractivity contribution is 7.15. The fraction of sp³-hybridized carbons (Fsp3) is 0.500. The van der Waals surface area contributed by atoms with Crippen LogP contribution in [0.15, 0.2) is 12.1 Å². The molecule has 0 N–H and O–H groups in total. The van der Waals surface area contributed by atoms with Gasteiger partial charge in [-0.05, 0) is 58.2 Å². The van der Waals surface area contributed by atoms with E-state index in [4.69, 9.17) is 0 Å². The summed E-state index contributed by atoms with van der Waals surface area (Å²) in [6, 6.07) is 4.01. The summed E-state index contributed by atoms with van der Waals surface area (Å²) in [5.41, 5.74) is 3.78. The second-order valence-electron chi connectivity index (χ2n) is 6.41. The van der Waals surface area contributed by atoms with Gasteiger partial charge in [0.15, 0.2) is 0 Å². The van der Waals surface area contributed by atoms with E-state index in [2.05, 4.69) is 23.7 Å². The highest BCUT2D eigenvalue weighted by atomic mass is 32.1.